The van der Waals surface area contributed by atoms with Crippen LogP contribution in [0.4, 0.5) is 4.79 Å². The standard InChI is InChI=1S/C12H19N3O2S/c1-8-13-14-10(18-8)9-5-6-15(7-9)11(16)17-12(2,3)4/h9H,5-7H2,1-4H3. The molecule has 2 rings (SSSR count). The van der Waals surface area contributed by atoms with Gasteiger partial charge in [0.25, 0.3) is 0 Å². The predicted octanol–water partition coefficient (Wildman–Crippen LogP) is 2.57. The highest BCUT2D eigenvalue weighted by Gasteiger charge is 2.32. The fourth-order valence-corrected chi connectivity index (χ4v) is 2.76. The average Bonchev–Trinajstić information content (AvgIpc) is 2.82. The minimum absolute atomic E-state index is 0.230. The second kappa shape index (κ2) is 4.84. The maximum absolute atomic E-state index is 11.9. The molecule has 1 aliphatic rings. The molecule has 0 aliphatic carbocycles. The van der Waals surface area contributed by atoms with Gasteiger partial charge in [0, 0.05) is 19.0 Å². The zero-order chi connectivity index (χ0) is 13.3. The first-order valence-electron chi connectivity index (χ1n) is 6.13. The highest BCUT2D eigenvalue weighted by atomic mass is 32.1. The molecule has 0 spiro atoms. The minimum Gasteiger partial charge on any atom is -0.444 e. The number of carbonyl (C=O) groups is 1. The Kier molecular flexibility index (Phi) is 3.56. The molecule has 1 aliphatic heterocycles. The van der Waals surface area contributed by atoms with Crippen LogP contribution >= 0.6 is 11.3 Å². The highest BCUT2D eigenvalue weighted by Crippen LogP contribution is 2.29. The number of rotatable bonds is 1. The van der Waals surface area contributed by atoms with E-state index in [1.807, 2.05) is 27.7 Å². The summed E-state index contributed by atoms with van der Waals surface area (Å²) in [4.78, 5) is 13.7. The zero-order valence-electron chi connectivity index (χ0n) is 11.3. The van der Waals surface area contributed by atoms with E-state index < -0.39 is 5.60 Å². The molecule has 18 heavy (non-hydrogen) atoms. The summed E-state index contributed by atoms with van der Waals surface area (Å²) in [6.45, 7) is 9.01. The Hall–Kier alpha value is -1.17. The topological polar surface area (TPSA) is 55.3 Å². The zero-order valence-corrected chi connectivity index (χ0v) is 12.1. The summed E-state index contributed by atoms with van der Waals surface area (Å²) in [5.41, 5.74) is -0.436. The first kappa shape index (κ1) is 13.3. The molecule has 1 aromatic rings. The molecule has 5 nitrogen and oxygen atoms in total. The summed E-state index contributed by atoms with van der Waals surface area (Å²) in [6.07, 6.45) is 0.708. The van der Waals surface area contributed by atoms with E-state index in [-0.39, 0.29) is 6.09 Å². The molecule has 0 saturated carbocycles. The van der Waals surface area contributed by atoms with Crippen molar-refractivity contribution < 1.29 is 9.53 Å². The number of hydrogen-bond acceptors (Lipinski definition) is 5. The smallest absolute Gasteiger partial charge is 0.410 e. The Bertz CT molecular complexity index is 439. The van der Waals surface area contributed by atoms with Gasteiger partial charge >= 0.3 is 6.09 Å². The third-order valence-corrected chi connectivity index (χ3v) is 3.73. The van der Waals surface area contributed by atoms with Gasteiger partial charge in [-0.1, -0.05) is 0 Å². The van der Waals surface area contributed by atoms with Gasteiger partial charge in [-0.25, -0.2) is 4.79 Å². The quantitative estimate of drug-likeness (QED) is 0.786. The van der Waals surface area contributed by atoms with Gasteiger partial charge in [0.1, 0.15) is 15.6 Å². The molecule has 1 atom stereocenters. The number of nitrogens with zero attached hydrogens (tertiary/aromatic N) is 3. The summed E-state index contributed by atoms with van der Waals surface area (Å²) in [7, 11) is 0. The first-order valence-corrected chi connectivity index (χ1v) is 6.95. The van der Waals surface area contributed by atoms with Crippen LogP contribution in [0.1, 0.15) is 43.1 Å². The molecule has 6 heteroatoms. The van der Waals surface area contributed by atoms with E-state index in [1.54, 1.807) is 16.2 Å². The Labute approximate surface area is 111 Å². The van der Waals surface area contributed by atoms with Gasteiger partial charge in [-0.05, 0) is 34.1 Å². The van der Waals surface area contributed by atoms with E-state index in [0.29, 0.717) is 12.5 Å². The lowest BCUT2D eigenvalue weighted by Gasteiger charge is -2.24. The fourth-order valence-electron chi connectivity index (χ4n) is 1.93. The van der Waals surface area contributed by atoms with E-state index in [2.05, 4.69) is 10.2 Å². The van der Waals surface area contributed by atoms with E-state index in [9.17, 15) is 4.79 Å². The monoisotopic (exact) mass is 269 g/mol. The molecule has 1 fully saturated rings. The molecule has 0 bridgehead atoms. The molecular formula is C12H19N3O2S. The van der Waals surface area contributed by atoms with Crippen LogP contribution in [-0.2, 0) is 4.74 Å². The minimum atomic E-state index is -0.436. The van der Waals surface area contributed by atoms with Crippen LogP contribution in [0.3, 0.4) is 0 Å². The summed E-state index contributed by atoms with van der Waals surface area (Å²) >= 11 is 1.61. The average molecular weight is 269 g/mol. The summed E-state index contributed by atoms with van der Waals surface area (Å²) < 4.78 is 5.37. The van der Waals surface area contributed by atoms with Crippen LogP contribution in [0.25, 0.3) is 0 Å². The fraction of sp³-hybridized carbons (Fsp3) is 0.750. The number of amides is 1. The van der Waals surface area contributed by atoms with Gasteiger partial charge in [0.05, 0.1) is 0 Å². The van der Waals surface area contributed by atoms with Crippen molar-refractivity contribution in [2.24, 2.45) is 0 Å². The lowest BCUT2D eigenvalue weighted by molar-refractivity contribution is 0.0292. The van der Waals surface area contributed by atoms with Crippen molar-refractivity contribution in [2.45, 2.75) is 45.6 Å². The molecular weight excluding hydrogens is 250 g/mol. The van der Waals surface area contributed by atoms with Crippen molar-refractivity contribution in [3.63, 3.8) is 0 Å². The van der Waals surface area contributed by atoms with Crippen LogP contribution in [0.2, 0.25) is 0 Å². The number of ether oxygens (including phenoxy) is 1. The first-order chi connectivity index (χ1) is 8.35. The lowest BCUT2D eigenvalue weighted by Crippen LogP contribution is -2.35. The summed E-state index contributed by atoms with van der Waals surface area (Å²) in [6, 6.07) is 0. The Morgan fingerprint density at radius 1 is 1.44 bits per heavy atom. The second-order valence-corrected chi connectivity index (χ2v) is 6.78. The molecule has 2 heterocycles. The second-order valence-electron chi connectivity index (χ2n) is 5.57. The van der Waals surface area contributed by atoms with Gasteiger partial charge in [0.15, 0.2) is 0 Å². The number of hydrogen-bond donors (Lipinski definition) is 0. The maximum Gasteiger partial charge on any atom is 0.410 e. The van der Waals surface area contributed by atoms with Gasteiger partial charge < -0.3 is 9.64 Å². The molecule has 0 radical (unpaired) electrons. The number of aromatic nitrogens is 2. The summed E-state index contributed by atoms with van der Waals surface area (Å²) in [5, 5.41) is 10.2. The van der Waals surface area contributed by atoms with Crippen molar-refractivity contribution in [1.29, 1.82) is 0 Å². The molecule has 0 aromatic carbocycles. The number of carbonyl (C=O) groups excluding carboxylic acids is 1. The van der Waals surface area contributed by atoms with Crippen LogP contribution in [0.5, 0.6) is 0 Å². The van der Waals surface area contributed by atoms with Crippen LogP contribution in [-0.4, -0.2) is 39.9 Å². The van der Waals surface area contributed by atoms with Crippen molar-refractivity contribution in [1.82, 2.24) is 15.1 Å². The van der Waals surface area contributed by atoms with Gasteiger partial charge in [-0.2, -0.15) is 0 Å². The number of likely N-dealkylation sites (tertiary alicyclic amines) is 1. The van der Waals surface area contributed by atoms with Gasteiger partial charge in [-0.15, -0.1) is 21.5 Å². The third kappa shape index (κ3) is 3.19. The molecule has 1 saturated heterocycles. The normalized spacial score (nSPS) is 20.2. The Morgan fingerprint density at radius 3 is 2.72 bits per heavy atom. The molecule has 100 valence electrons. The lowest BCUT2D eigenvalue weighted by atomic mass is 10.1. The molecule has 1 aromatic heterocycles. The molecule has 1 unspecified atom stereocenters. The van der Waals surface area contributed by atoms with E-state index >= 15 is 0 Å². The van der Waals surface area contributed by atoms with Crippen LogP contribution in [0, 0.1) is 6.92 Å². The van der Waals surface area contributed by atoms with Gasteiger partial charge in [-0.3, -0.25) is 0 Å². The third-order valence-electron chi connectivity index (χ3n) is 2.73. The highest BCUT2D eigenvalue weighted by molar-refractivity contribution is 7.11. The van der Waals surface area contributed by atoms with Crippen LogP contribution < -0.4 is 0 Å². The van der Waals surface area contributed by atoms with Crippen molar-refractivity contribution in [3.05, 3.63) is 10.0 Å². The maximum atomic E-state index is 11.9. The Balaban J connectivity index is 1.94. The van der Waals surface area contributed by atoms with Crippen molar-refractivity contribution >= 4 is 17.4 Å². The SMILES string of the molecule is Cc1nnc(C2CCN(C(=O)OC(C)(C)C)C2)s1. The van der Waals surface area contributed by atoms with Gasteiger partial charge in [0.2, 0.25) is 0 Å². The largest absolute Gasteiger partial charge is 0.444 e. The number of aryl methyl sites for hydroxylation is 1. The van der Waals surface area contributed by atoms with Crippen LogP contribution in [0.15, 0.2) is 0 Å². The van der Waals surface area contributed by atoms with E-state index in [4.69, 9.17) is 4.74 Å². The van der Waals surface area contributed by atoms with E-state index in [1.165, 1.54) is 0 Å². The van der Waals surface area contributed by atoms with Crippen molar-refractivity contribution in [2.75, 3.05) is 13.1 Å². The summed E-state index contributed by atoms with van der Waals surface area (Å²) in [5.74, 6) is 0.309. The molecule has 0 N–H and O–H groups in total. The Morgan fingerprint density at radius 2 is 2.17 bits per heavy atom. The predicted molar refractivity (Wildman–Crippen MR) is 69.8 cm³/mol. The van der Waals surface area contributed by atoms with E-state index in [0.717, 1.165) is 23.0 Å². The molecule has 1 amide bonds. The van der Waals surface area contributed by atoms with Crippen molar-refractivity contribution in [3.8, 4) is 0 Å².